The highest BCUT2D eigenvalue weighted by Gasteiger charge is 2.21. The summed E-state index contributed by atoms with van der Waals surface area (Å²) in [6.07, 6.45) is 0. The summed E-state index contributed by atoms with van der Waals surface area (Å²) in [7, 11) is 1.69. The third-order valence-corrected chi connectivity index (χ3v) is 3.34. The number of benzene rings is 1. The number of ether oxygens (including phenoxy) is 1. The lowest BCUT2D eigenvalue weighted by atomic mass is 9.85. The summed E-state index contributed by atoms with van der Waals surface area (Å²) in [5.41, 5.74) is 1.21. The van der Waals surface area contributed by atoms with Crippen LogP contribution in [0.15, 0.2) is 29.3 Å². The number of guanidine groups is 1. The van der Waals surface area contributed by atoms with Gasteiger partial charge in [-0.25, -0.2) is 0 Å². The molecule has 23 heavy (non-hydrogen) atoms. The number of halogens is 1. The Hall–Kier alpha value is -0.980. The first kappa shape index (κ1) is 22.0. The van der Waals surface area contributed by atoms with Crippen molar-refractivity contribution in [2.75, 3.05) is 20.2 Å². The van der Waals surface area contributed by atoms with Crippen LogP contribution in [0.5, 0.6) is 5.75 Å². The zero-order valence-corrected chi connectivity index (χ0v) is 17.8. The summed E-state index contributed by atoms with van der Waals surface area (Å²) in [5.74, 6) is 1.74. The predicted molar refractivity (Wildman–Crippen MR) is 110 cm³/mol. The highest BCUT2D eigenvalue weighted by Crippen LogP contribution is 2.25. The van der Waals surface area contributed by atoms with E-state index in [0.29, 0.717) is 6.54 Å². The van der Waals surface area contributed by atoms with Gasteiger partial charge < -0.3 is 15.4 Å². The molecule has 2 N–H and O–H groups in total. The van der Waals surface area contributed by atoms with Crippen molar-refractivity contribution in [3.8, 4) is 5.75 Å². The van der Waals surface area contributed by atoms with Crippen LogP contribution in [0.25, 0.3) is 0 Å². The molecule has 0 unspecified atom stereocenters. The topological polar surface area (TPSA) is 45.7 Å². The van der Waals surface area contributed by atoms with Crippen LogP contribution < -0.4 is 15.4 Å². The minimum absolute atomic E-state index is 0. The summed E-state index contributed by atoms with van der Waals surface area (Å²) >= 11 is 0. The monoisotopic (exact) mass is 433 g/mol. The molecule has 0 atom stereocenters. The van der Waals surface area contributed by atoms with E-state index in [0.717, 1.165) is 18.3 Å². The lowest BCUT2D eigenvalue weighted by Gasteiger charge is -2.27. The Morgan fingerprint density at radius 1 is 1.09 bits per heavy atom. The lowest BCUT2D eigenvalue weighted by molar-refractivity contribution is 0.414. The van der Waals surface area contributed by atoms with Gasteiger partial charge in [-0.15, -0.1) is 24.0 Å². The van der Waals surface area contributed by atoms with E-state index in [1.54, 1.807) is 7.11 Å². The fraction of sp³-hybridized carbons (Fsp3) is 0.611. The summed E-state index contributed by atoms with van der Waals surface area (Å²) < 4.78 is 5.22. The lowest BCUT2D eigenvalue weighted by Crippen LogP contribution is -2.48. The fourth-order valence-corrected chi connectivity index (χ4v) is 2.07. The number of methoxy groups -OCH3 is 1. The number of aliphatic imine (C=N–C) groups is 1. The highest BCUT2D eigenvalue weighted by molar-refractivity contribution is 14.0. The molecule has 0 saturated heterocycles. The summed E-state index contributed by atoms with van der Waals surface area (Å²) in [6, 6.07) is 8.22. The fourth-order valence-electron chi connectivity index (χ4n) is 2.07. The van der Waals surface area contributed by atoms with Gasteiger partial charge in [-0.2, -0.15) is 0 Å². The molecule has 4 nitrogen and oxygen atoms in total. The van der Waals surface area contributed by atoms with Crippen molar-refractivity contribution in [1.29, 1.82) is 0 Å². The Labute approximate surface area is 158 Å². The van der Waals surface area contributed by atoms with Crippen molar-refractivity contribution < 1.29 is 4.74 Å². The van der Waals surface area contributed by atoms with Crippen molar-refractivity contribution >= 4 is 29.9 Å². The molecule has 1 rings (SSSR count). The van der Waals surface area contributed by atoms with Crippen molar-refractivity contribution in [2.45, 2.75) is 52.5 Å². The Morgan fingerprint density at radius 3 is 2.09 bits per heavy atom. The maximum Gasteiger partial charge on any atom is 0.191 e. The molecule has 5 heteroatoms. The molecule has 0 bridgehead atoms. The van der Waals surface area contributed by atoms with Crippen LogP contribution >= 0.6 is 24.0 Å². The number of nitrogens with one attached hydrogen (secondary N) is 2. The second-order valence-corrected chi connectivity index (χ2v) is 7.18. The first-order valence-electron chi connectivity index (χ1n) is 7.89. The molecule has 0 aromatic heterocycles. The van der Waals surface area contributed by atoms with E-state index < -0.39 is 0 Å². The second kappa shape index (κ2) is 9.35. The standard InChI is InChI=1S/C18H31N3O.HI/c1-8-19-16(21-17(2,3)4)20-13-18(5,6)14-9-11-15(22-7)12-10-14;/h9-12H,8,13H2,1-7H3,(H2,19,20,21);1H. The molecule has 0 spiro atoms. The molecule has 0 amide bonds. The molecule has 0 aliphatic rings. The van der Waals surface area contributed by atoms with Gasteiger partial charge in [0.05, 0.1) is 13.7 Å². The van der Waals surface area contributed by atoms with E-state index in [9.17, 15) is 0 Å². The first-order chi connectivity index (χ1) is 10.2. The molecule has 1 aromatic carbocycles. The molecule has 0 aliphatic carbocycles. The van der Waals surface area contributed by atoms with Gasteiger partial charge >= 0.3 is 0 Å². The second-order valence-electron chi connectivity index (χ2n) is 7.18. The van der Waals surface area contributed by atoms with Crippen LogP contribution in [0.2, 0.25) is 0 Å². The van der Waals surface area contributed by atoms with Crippen LogP contribution in [-0.4, -0.2) is 31.7 Å². The van der Waals surface area contributed by atoms with Gasteiger partial charge in [0.25, 0.3) is 0 Å². The van der Waals surface area contributed by atoms with E-state index in [1.165, 1.54) is 5.56 Å². The van der Waals surface area contributed by atoms with Gasteiger partial charge in [-0.3, -0.25) is 4.99 Å². The molecular weight excluding hydrogens is 401 g/mol. The van der Waals surface area contributed by atoms with E-state index >= 15 is 0 Å². The number of hydrogen-bond donors (Lipinski definition) is 2. The third-order valence-electron chi connectivity index (χ3n) is 3.34. The van der Waals surface area contributed by atoms with Gasteiger partial charge in [0.1, 0.15) is 5.75 Å². The predicted octanol–water partition coefficient (Wildman–Crippen LogP) is 3.94. The van der Waals surface area contributed by atoms with Gasteiger partial charge in [0.15, 0.2) is 5.96 Å². The zero-order chi connectivity index (χ0) is 16.8. The van der Waals surface area contributed by atoms with Crippen LogP contribution in [0.1, 0.15) is 47.1 Å². The maximum absolute atomic E-state index is 5.22. The average molecular weight is 433 g/mol. The smallest absolute Gasteiger partial charge is 0.191 e. The van der Waals surface area contributed by atoms with E-state index in [1.807, 2.05) is 12.1 Å². The van der Waals surface area contributed by atoms with Gasteiger partial charge in [-0.1, -0.05) is 26.0 Å². The Kier molecular flexibility index (Phi) is 8.95. The Bertz CT molecular complexity index is 490. The van der Waals surface area contributed by atoms with Crippen molar-refractivity contribution in [3.63, 3.8) is 0 Å². The van der Waals surface area contributed by atoms with Crippen LogP contribution in [-0.2, 0) is 5.41 Å². The Balaban J connectivity index is 0.00000484. The number of rotatable bonds is 5. The minimum atomic E-state index is -0.0352. The first-order valence-corrected chi connectivity index (χ1v) is 7.89. The quantitative estimate of drug-likeness (QED) is 0.420. The van der Waals surface area contributed by atoms with Crippen molar-refractivity contribution in [3.05, 3.63) is 29.8 Å². The summed E-state index contributed by atoms with van der Waals surface area (Å²) in [4.78, 5) is 4.75. The van der Waals surface area contributed by atoms with Gasteiger partial charge in [0.2, 0.25) is 0 Å². The molecule has 0 fully saturated rings. The van der Waals surface area contributed by atoms with Crippen LogP contribution in [0, 0.1) is 0 Å². The van der Waals surface area contributed by atoms with Crippen LogP contribution in [0.4, 0.5) is 0 Å². The maximum atomic E-state index is 5.22. The molecule has 0 radical (unpaired) electrons. The van der Waals surface area contributed by atoms with E-state index in [4.69, 9.17) is 9.73 Å². The largest absolute Gasteiger partial charge is 0.497 e. The van der Waals surface area contributed by atoms with Crippen molar-refractivity contribution in [2.24, 2.45) is 4.99 Å². The molecule has 132 valence electrons. The zero-order valence-electron chi connectivity index (χ0n) is 15.5. The highest BCUT2D eigenvalue weighted by atomic mass is 127. The van der Waals surface area contributed by atoms with Gasteiger partial charge in [-0.05, 0) is 45.4 Å². The Morgan fingerprint density at radius 2 is 1.65 bits per heavy atom. The SMILES string of the molecule is CCNC(=NCC(C)(C)c1ccc(OC)cc1)NC(C)(C)C.I. The van der Waals surface area contributed by atoms with Crippen LogP contribution in [0.3, 0.4) is 0 Å². The number of nitrogens with zero attached hydrogens (tertiary/aromatic N) is 1. The molecule has 0 heterocycles. The molecule has 0 aliphatic heterocycles. The third kappa shape index (κ3) is 7.90. The molecular formula is C18H32IN3O. The van der Waals surface area contributed by atoms with E-state index in [2.05, 4.69) is 64.3 Å². The summed E-state index contributed by atoms with van der Waals surface area (Å²) in [6.45, 7) is 14.5. The van der Waals surface area contributed by atoms with Gasteiger partial charge in [0, 0.05) is 17.5 Å². The average Bonchev–Trinajstić information content (AvgIpc) is 2.44. The molecule has 1 aromatic rings. The summed E-state index contributed by atoms with van der Waals surface area (Å²) in [5, 5.41) is 6.72. The van der Waals surface area contributed by atoms with E-state index in [-0.39, 0.29) is 34.9 Å². The minimum Gasteiger partial charge on any atom is -0.497 e. The van der Waals surface area contributed by atoms with Crippen molar-refractivity contribution in [1.82, 2.24) is 10.6 Å². The normalized spacial score (nSPS) is 12.4. The molecule has 0 saturated carbocycles. The number of hydrogen-bond acceptors (Lipinski definition) is 2.